The maximum absolute atomic E-state index is 12.4. The minimum atomic E-state index is -1.95. The monoisotopic (exact) mass is 300 g/mol. The Morgan fingerprint density at radius 2 is 1.95 bits per heavy atom. The number of hydrogen-bond acceptors (Lipinski definition) is 4. The first-order chi connectivity index (χ1) is 9.95. The van der Waals surface area contributed by atoms with Crippen molar-refractivity contribution in [1.82, 2.24) is 4.90 Å². The van der Waals surface area contributed by atoms with Crippen molar-refractivity contribution in [2.24, 2.45) is 0 Å². The Morgan fingerprint density at radius 1 is 1.36 bits per heavy atom. The quantitative estimate of drug-likeness (QED) is 0.449. The number of aryl methyl sites for hydroxylation is 1. The van der Waals surface area contributed by atoms with Crippen LogP contribution < -0.4 is 23.8 Å². The summed E-state index contributed by atoms with van der Waals surface area (Å²) in [4.78, 5) is 36.7. The number of hydrogen-bond donors (Lipinski definition) is 2. The van der Waals surface area contributed by atoms with Crippen molar-refractivity contribution >= 4 is 24.0 Å². The summed E-state index contributed by atoms with van der Waals surface area (Å²) in [5, 5.41) is 18.6. The van der Waals surface area contributed by atoms with Crippen molar-refractivity contribution in [2.45, 2.75) is 19.1 Å². The first-order valence-corrected chi connectivity index (χ1v) is 6.45. The molecular formula is C14H17LiN2O5. The van der Waals surface area contributed by atoms with E-state index < -0.39 is 24.0 Å². The molecule has 1 aliphatic heterocycles. The first-order valence-electron chi connectivity index (χ1n) is 6.45. The van der Waals surface area contributed by atoms with Gasteiger partial charge in [-0.1, -0.05) is 17.7 Å². The first kappa shape index (κ1) is 18.2. The molecule has 7 nitrogen and oxygen atoms in total. The number of carboxylic acids is 1. The molecular weight excluding hydrogens is 283 g/mol. The van der Waals surface area contributed by atoms with Gasteiger partial charge in [-0.25, -0.2) is 4.79 Å². The molecule has 1 saturated heterocycles. The zero-order chi connectivity index (χ0) is 15.6. The van der Waals surface area contributed by atoms with Crippen molar-refractivity contribution in [3.8, 4) is 0 Å². The molecule has 2 amide bonds. The number of benzene rings is 1. The van der Waals surface area contributed by atoms with Crippen LogP contribution in [0.4, 0.5) is 5.69 Å². The molecule has 2 rings (SSSR count). The average molecular weight is 300 g/mol. The molecule has 1 aromatic carbocycles. The molecule has 114 valence electrons. The molecule has 0 radical (unpaired) electrons. The fraction of sp³-hybridized carbons (Fsp3) is 0.357. The zero-order valence-corrected chi connectivity index (χ0v) is 12.5. The number of piperazine rings is 1. The van der Waals surface area contributed by atoms with Gasteiger partial charge < -0.3 is 21.4 Å². The summed E-state index contributed by atoms with van der Waals surface area (Å²) in [7, 11) is 0. The van der Waals surface area contributed by atoms with Crippen molar-refractivity contribution in [3.05, 3.63) is 29.8 Å². The summed E-state index contributed by atoms with van der Waals surface area (Å²) in [6.07, 6.45) is -1.56. The van der Waals surface area contributed by atoms with Crippen LogP contribution >= 0.6 is 0 Å². The van der Waals surface area contributed by atoms with Crippen LogP contribution in [0.2, 0.25) is 0 Å². The Kier molecular flexibility index (Phi) is 6.18. The standard InChI is InChI=1S/C14H16N2O5.Li.H/c1-9-2-4-10(5-3-9)16-7-6-15(8-17)11(13(16)19)12(18)14(20)21;;/h2-5,8,11-12,18H,6-7H2,1H3,(H,20,21);;/q;+1;-1. The molecule has 0 bridgehead atoms. The maximum atomic E-state index is 12.4. The third-order valence-electron chi connectivity index (χ3n) is 3.49. The van der Waals surface area contributed by atoms with Gasteiger partial charge in [-0.3, -0.25) is 9.59 Å². The molecule has 0 aromatic heterocycles. The van der Waals surface area contributed by atoms with Crippen molar-refractivity contribution in [2.75, 3.05) is 18.0 Å². The van der Waals surface area contributed by atoms with Gasteiger partial charge in [-0.2, -0.15) is 0 Å². The van der Waals surface area contributed by atoms with Crippen LogP contribution in [0.5, 0.6) is 0 Å². The van der Waals surface area contributed by atoms with Crippen LogP contribution in [0.1, 0.15) is 6.99 Å². The molecule has 2 unspecified atom stereocenters. The Hall–Kier alpha value is -1.81. The van der Waals surface area contributed by atoms with Gasteiger partial charge in [-0.05, 0) is 19.1 Å². The molecule has 0 aliphatic carbocycles. The number of carboxylic acid groups (broad SMARTS) is 1. The summed E-state index contributed by atoms with van der Waals surface area (Å²) in [6, 6.07) is 5.74. The Labute approximate surface area is 141 Å². The second kappa shape index (κ2) is 7.45. The molecule has 1 aliphatic rings. The van der Waals surface area contributed by atoms with E-state index in [0.29, 0.717) is 12.1 Å². The van der Waals surface area contributed by atoms with Gasteiger partial charge in [0.05, 0.1) is 0 Å². The second-order valence-corrected chi connectivity index (χ2v) is 4.90. The molecule has 1 heterocycles. The molecule has 1 aromatic rings. The van der Waals surface area contributed by atoms with Gasteiger partial charge in [-0.15, -0.1) is 0 Å². The van der Waals surface area contributed by atoms with Gasteiger partial charge in [0.2, 0.25) is 6.41 Å². The Morgan fingerprint density at radius 3 is 2.45 bits per heavy atom. The van der Waals surface area contributed by atoms with E-state index in [1.165, 1.54) is 4.90 Å². The van der Waals surface area contributed by atoms with Crippen LogP contribution in [-0.4, -0.2) is 58.6 Å². The third-order valence-corrected chi connectivity index (χ3v) is 3.49. The second-order valence-electron chi connectivity index (χ2n) is 4.90. The SMILES string of the molecule is Cc1ccc(N2CCN(C=O)C(C(O)C(=O)O)C2=O)cc1.[H-].[Li+]. The maximum Gasteiger partial charge on any atom is 1.00 e. The molecule has 2 atom stereocenters. The van der Waals surface area contributed by atoms with Crippen LogP contribution in [0.3, 0.4) is 0 Å². The topological polar surface area (TPSA) is 98.2 Å². The molecule has 2 N–H and O–H groups in total. The van der Waals surface area contributed by atoms with Gasteiger partial charge >= 0.3 is 24.8 Å². The fourth-order valence-electron chi connectivity index (χ4n) is 2.32. The van der Waals surface area contributed by atoms with E-state index in [9.17, 15) is 19.5 Å². The number of anilines is 1. The van der Waals surface area contributed by atoms with Gasteiger partial charge in [0, 0.05) is 18.8 Å². The summed E-state index contributed by atoms with van der Waals surface area (Å²) < 4.78 is 0. The summed E-state index contributed by atoms with van der Waals surface area (Å²) in [5.74, 6) is -2.14. The zero-order valence-electron chi connectivity index (χ0n) is 13.5. The summed E-state index contributed by atoms with van der Waals surface area (Å²) >= 11 is 0. The third kappa shape index (κ3) is 3.50. The normalized spacial score (nSPS) is 19.4. The number of aliphatic hydroxyl groups is 1. The van der Waals surface area contributed by atoms with Crippen LogP contribution in [-0.2, 0) is 14.4 Å². The van der Waals surface area contributed by atoms with E-state index in [0.717, 1.165) is 10.5 Å². The average Bonchev–Trinajstić information content (AvgIpc) is 2.47. The van der Waals surface area contributed by atoms with Crippen LogP contribution in [0, 0.1) is 6.92 Å². The number of carbonyl (C=O) groups is 3. The summed E-state index contributed by atoms with van der Waals surface area (Å²) in [5.41, 5.74) is 1.64. The largest absolute Gasteiger partial charge is 1.00 e. The smallest absolute Gasteiger partial charge is 1.00 e. The minimum absolute atomic E-state index is 0. The van der Waals surface area contributed by atoms with E-state index in [2.05, 4.69) is 0 Å². The van der Waals surface area contributed by atoms with Crippen LogP contribution in [0.25, 0.3) is 0 Å². The van der Waals surface area contributed by atoms with E-state index >= 15 is 0 Å². The number of amides is 2. The van der Waals surface area contributed by atoms with Crippen molar-refractivity contribution < 1.29 is 44.9 Å². The van der Waals surface area contributed by atoms with E-state index in [4.69, 9.17) is 5.11 Å². The van der Waals surface area contributed by atoms with Gasteiger partial charge in [0.1, 0.15) is 6.04 Å². The minimum Gasteiger partial charge on any atom is -1.00 e. The number of carbonyl (C=O) groups excluding carboxylic acids is 2. The summed E-state index contributed by atoms with van der Waals surface area (Å²) in [6.45, 7) is 2.33. The van der Waals surface area contributed by atoms with Gasteiger partial charge in [0.25, 0.3) is 5.91 Å². The molecule has 0 spiro atoms. The number of aliphatic hydroxyl groups excluding tert-OH is 1. The Bertz CT molecular complexity index is 567. The fourth-order valence-corrected chi connectivity index (χ4v) is 2.32. The number of nitrogens with zero attached hydrogens (tertiary/aromatic N) is 2. The molecule has 0 saturated carbocycles. The van der Waals surface area contributed by atoms with E-state index in [1.54, 1.807) is 12.1 Å². The Balaban J connectivity index is 0.00000242. The molecule has 8 heteroatoms. The number of aliphatic carboxylic acids is 1. The predicted molar refractivity (Wildman–Crippen MR) is 74.8 cm³/mol. The van der Waals surface area contributed by atoms with Gasteiger partial charge in [0.15, 0.2) is 6.10 Å². The van der Waals surface area contributed by atoms with E-state index in [-0.39, 0.29) is 33.4 Å². The predicted octanol–water partition coefficient (Wildman–Crippen LogP) is -3.27. The van der Waals surface area contributed by atoms with Crippen molar-refractivity contribution in [3.63, 3.8) is 0 Å². The molecule has 22 heavy (non-hydrogen) atoms. The van der Waals surface area contributed by atoms with E-state index in [1.807, 2.05) is 19.1 Å². The van der Waals surface area contributed by atoms with Crippen LogP contribution in [0.15, 0.2) is 24.3 Å². The number of rotatable bonds is 4. The molecule has 1 fully saturated rings. The van der Waals surface area contributed by atoms with Crippen molar-refractivity contribution in [1.29, 1.82) is 0 Å².